The van der Waals surface area contributed by atoms with E-state index in [1.54, 1.807) is 0 Å². The Kier molecular flexibility index (Phi) is 6.20. The molecule has 0 aromatic rings. The van der Waals surface area contributed by atoms with Crippen molar-refractivity contribution in [3.63, 3.8) is 0 Å². The number of rotatable bonds is 2. The fourth-order valence-corrected chi connectivity index (χ4v) is 5.12. The van der Waals surface area contributed by atoms with Gasteiger partial charge in [0.2, 0.25) is 0 Å². The minimum Gasteiger partial charge on any atom is -0.400 e. The van der Waals surface area contributed by atoms with Crippen LogP contribution in [0.5, 0.6) is 0 Å². The zero-order chi connectivity index (χ0) is 20.5. The molecule has 1 unspecified atom stereocenters. The van der Waals surface area contributed by atoms with E-state index in [0.717, 1.165) is 31.3 Å². The molecule has 0 N–H and O–H groups in total. The molecule has 2 rings (SSSR count). The standard InChI is InChI=1S/C25H38OSi/c1-20-12-10-13-21(2)17-19-25(26-27(8,9)23(3,4)5)18-11-14-22(16-15-20)24(25,6)7/h12,14-16H,2,10-11,13,18H2,1,3-9H3/b16-15-,20-12+. The van der Waals surface area contributed by atoms with Crippen LogP contribution >= 0.6 is 0 Å². The van der Waals surface area contributed by atoms with Crippen molar-refractivity contribution in [2.45, 2.75) is 91.0 Å². The van der Waals surface area contributed by atoms with E-state index < -0.39 is 13.9 Å². The monoisotopic (exact) mass is 382 g/mol. The van der Waals surface area contributed by atoms with Gasteiger partial charge in [0.1, 0.15) is 5.60 Å². The Morgan fingerprint density at radius 2 is 1.78 bits per heavy atom. The molecule has 0 fully saturated rings. The van der Waals surface area contributed by atoms with Crippen LogP contribution in [0.3, 0.4) is 0 Å². The Labute approximate surface area is 168 Å². The Balaban J connectivity index is 2.63. The zero-order valence-electron chi connectivity index (χ0n) is 18.8. The third-order valence-electron chi connectivity index (χ3n) is 6.71. The van der Waals surface area contributed by atoms with Crippen LogP contribution in [0.4, 0.5) is 0 Å². The van der Waals surface area contributed by atoms with Crippen molar-refractivity contribution in [2.24, 2.45) is 5.41 Å². The molecule has 0 radical (unpaired) electrons. The first-order valence-electron chi connectivity index (χ1n) is 10.3. The molecule has 0 amide bonds. The minimum atomic E-state index is -1.99. The number of fused-ring (bicyclic) bond motifs is 2. The van der Waals surface area contributed by atoms with Crippen LogP contribution < -0.4 is 0 Å². The Morgan fingerprint density at radius 1 is 1.11 bits per heavy atom. The van der Waals surface area contributed by atoms with Gasteiger partial charge in [0.15, 0.2) is 8.32 Å². The highest BCUT2D eigenvalue weighted by molar-refractivity contribution is 6.74. The van der Waals surface area contributed by atoms with Crippen LogP contribution in [0, 0.1) is 17.3 Å². The molecule has 0 heterocycles. The highest BCUT2D eigenvalue weighted by Crippen LogP contribution is 2.51. The fraction of sp³-hybridized carbons (Fsp3) is 0.600. The Morgan fingerprint density at radius 3 is 2.41 bits per heavy atom. The van der Waals surface area contributed by atoms with Gasteiger partial charge in [-0.3, -0.25) is 0 Å². The first-order valence-corrected chi connectivity index (χ1v) is 13.2. The SMILES string of the molecule is C=C1C#CC2(O[Si](C)(C)C(C)(C)C)CCC=C(/C=C\C(C)=C\CC1)C2(C)C. The predicted molar refractivity (Wildman–Crippen MR) is 121 cm³/mol. The summed E-state index contributed by atoms with van der Waals surface area (Å²) < 4.78 is 7.13. The van der Waals surface area contributed by atoms with Crippen LogP contribution in [0.1, 0.15) is 67.2 Å². The van der Waals surface area contributed by atoms with Crippen LogP contribution in [0.25, 0.3) is 0 Å². The molecular formula is C25H38OSi. The Hall–Kier alpha value is -1.30. The molecule has 0 aromatic heterocycles. The van der Waals surface area contributed by atoms with E-state index in [2.05, 4.69) is 97.4 Å². The van der Waals surface area contributed by atoms with E-state index >= 15 is 0 Å². The second-order valence-corrected chi connectivity index (χ2v) is 14.9. The lowest BCUT2D eigenvalue weighted by Gasteiger charge is -2.52. The lowest BCUT2D eigenvalue weighted by atomic mass is 9.64. The predicted octanol–water partition coefficient (Wildman–Crippen LogP) is 7.35. The number of hydrogen-bond acceptors (Lipinski definition) is 1. The summed E-state index contributed by atoms with van der Waals surface area (Å²) in [6.45, 7) is 22.6. The molecule has 2 heteroatoms. The summed E-state index contributed by atoms with van der Waals surface area (Å²) in [7, 11) is -1.99. The highest BCUT2D eigenvalue weighted by Gasteiger charge is 2.53. The lowest BCUT2D eigenvalue weighted by molar-refractivity contribution is 0.00691. The normalized spacial score (nSPS) is 29.3. The molecule has 27 heavy (non-hydrogen) atoms. The van der Waals surface area contributed by atoms with Crippen molar-refractivity contribution in [1.82, 2.24) is 0 Å². The maximum absolute atomic E-state index is 7.13. The highest BCUT2D eigenvalue weighted by atomic mass is 28.4. The lowest BCUT2D eigenvalue weighted by Crippen LogP contribution is -2.57. The van der Waals surface area contributed by atoms with Gasteiger partial charge in [0.05, 0.1) is 0 Å². The molecule has 0 aromatic carbocycles. The summed E-state index contributed by atoms with van der Waals surface area (Å²) in [5.74, 6) is 7.04. The average Bonchev–Trinajstić information content (AvgIpc) is 2.52. The summed E-state index contributed by atoms with van der Waals surface area (Å²) >= 11 is 0. The first kappa shape index (κ1) is 22.0. The van der Waals surface area contributed by atoms with E-state index in [1.807, 2.05) is 0 Å². The van der Waals surface area contributed by atoms with Crippen LogP contribution in [-0.4, -0.2) is 13.9 Å². The van der Waals surface area contributed by atoms with Gasteiger partial charge in [-0.1, -0.05) is 82.9 Å². The van der Waals surface area contributed by atoms with Gasteiger partial charge < -0.3 is 4.43 Å². The summed E-state index contributed by atoms with van der Waals surface area (Å²) in [5, 5.41) is 0.149. The fourth-order valence-electron chi connectivity index (χ4n) is 3.53. The third kappa shape index (κ3) is 4.58. The maximum Gasteiger partial charge on any atom is 0.194 e. The number of allylic oxidation sites excluding steroid dienone is 6. The second-order valence-electron chi connectivity index (χ2n) is 10.2. The molecule has 1 nitrogen and oxygen atoms in total. The van der Waals surface area contributed by atoms with Gasteiger partial charge in [0.25, 0.3) is 0 Å². The van der Waals surface area contributed by atoms with Crippen molar-refractivity contribution in [1.29, 1.82) is 0 Å². The summed E-state index contributed by atoms with van der Waals surface area (Å²) in [5.41, 5.74) is 3.00. The molecule has 2 aliphatic carbocycles. The molecule has 2 bridgehead atoms. The van der Waals surface area contributed by atoms with Crippen LogP contribution in [-0.2, 0) is 4.43 Å². The van der Waals surface area contributed by atoms with Gasteiger partial charge in [0, 0.05) is 5.41 Å². The van der Waals surface area contributed by atoms with Gasteiger partial charge in [-0.05, 0) is 61.9 Å². The van der Waals surface area contributed by atoms with E-state index in [0.29, 0.717) is 0 Å². The molecule has 1 atom stereocenters. The average molecular weight is 383 g/mol. The topological polar surface area (TPSA) is 9.23 Å². The largest absolute Gasteiger partial charge is 0.400 e. The van der Waals surface area contributed by atoms with Crippen LogP contribution in [0.2, 0.25) is 18.1 Å². The smallest absolute Gasteiger partial charge is 0.194 e. The second kappa shape index (κ2) is 7.61. The van der Waals surface area contributed by atoms with E-state index in [9.17, 15) is 0 Å². The van der Waals surface area contributed by atoms with Crippen molar-refractivity contribution >= 4 is 8.32 Å². The van der Waals surface area contributed by atoms with E-state index in [1.165, 1.54) is 11.1 Å². The molecule has 0 saturated heterocycles. The third-order valence-corrected chi connectivity index (χ3v) is 11.2. The summed E-state index contributed by atoms with van der Waals surface area (Å²) in [4.78, 5) is 0. The molecule has 0 aliphatic heterocycles. The summed E-state index contributed by atoms with van der Waals surface area (Å²) in [6, 6.07) is 0. The summed E-state index contributed by atoms with van der Waals surface area (Å²) in [6.07, 6.45) is 13.0. The first-order chi connectivity index (χ1) is 12.3. The molecule has 0 saturated carbocycles. The van der Waals surface area contributed by atoms with E-state index in [-0.39, 0.29) is 10.5 Å². The number of hydrogen-bond donors (Lipinski definition) is 0. The molecule has 2 aliphatic rings. The molecule has 0 spiro atoms. The Bertz CT molecular complexity index is 743. The van der Waals surface area contributed by atoms with Gasteiger partial charge in [-0.25, -0.2) is 0 Å². The molecular weight excluding hydrogens is 344 g/mol. The maximum atomic E-state index is 7.13. The van der Waals surface area contributed by atoms with E-state index in [4.69, 9.17) is 4.43 Å². The molecule has 148 valence electrons. The van der Waals surface area contributed by atoms with Gasteiger partial charge in [-0.15, -0.1) is 0 Å². The van der Waals surface area contributed by atoms with Crippen molar-refractivity contribution < 1.29 is 4.43 Å². The minimum absolute atomic E-state index is 0.149. The quantitative estimate of drug-likeness (QED) is 0.358. The van der Waals surface area contributed by atoms with Gasteiger partial charge in [-0.2, -0.15) is 0 Å². The van der Waals surface area contributed by atoms with Crippen molar-refractivity contribution in [2.75, 3.05) is 0 Å². The van der Waals surface area contributed by atoms with Crippen molar-refractivity contribution in [3.8, 4) is 11.8 Å². The van der Waals surface area contributed by atoms with Crippen molar-refractivity contribution in [3.05, 3.63) is 47.6 Å². The zero-order valence-corrected chi connectivity index (χ0v) is 19.8. The van der Waals surface area contributed by atoms with Gasteiger partial charge >= 0.3 is 0 Å². The van der Waals surface area contributed by atoms with Crippen LogP contribution in [0.15, 0.2) is 47.6 Å².